The fourth-order valence-corrected chi connectivity index (χ4v) is 1.86. The number of nitrogens with zero attached hydrogens (tertiary/aromatic N) is 2. The third-order valence-corrected chi connectivity index (χ3v) is 2.87. The highest BCUT2D eigenvalue weighted by molar-refractivity contribution is 6.05. The second-order valence-electron chi connectivity index (χ2n) is 4.01. The normalized spacial score (nSPS) is 21.7. The van der Waals surface area contributed by atoms with E-state index >= 15 is 0 Å². The van der Waals surface area contributed by atoms with E-state index < -0.39 is 12.1 Å². The fraction of sp³-hybridized carbons (Fsp3) is 0.308. The number of hydrogen-bond acceptors (Lipinski definition) is 5. The van der Waals surface area contributed by atoms with Gasteiger partial charge in [0.05, 0.1) is 30.4 Å². The third-order valence-electron chi connectivity index (χ3n) is 2.87. The molecule has 0 radical (unpaired) electrons. The maximum Gasteiger partial charge on any atom is 0.350 e. The zero-order valence-corrected chi connectivity index (χ0v) is 10.1. The highest BCUT2D eigenvalue weighted by atomic mass is 16.7. The maximum atomic E-state index is 11.5. The number of carbonyl (C=O) groups is 1. The Balaban J connectivity index is 2.26. The molecule has 1 aliphatic heterocycles. The van der Waals surface area contributed by atoms with Gasteiger partial charge >= 0.3 is 5.97 Å². The summed E-state index contributed by atoms with van der Waals surface area (Å²) in [4.78, 5) is 16.5. The lowest BCUT2D eigenvalue weighted by atomic mass is 9.93. The number of esters is 1. The van der Waals surface area contributed by atoms with Crippen LogP contribution in [0.2, 0.25) is 0 Å². The summed E-state index contributed by atoms with van der Waals surface area (Å²) in [5.41, 5.74) is 1.99. The molecule has 1 aliphatic rings. The molecule has 0 bridgehead atoms. The van der Waals surface area contributed by atoms with Gasteiger partial charge in [0.1, 0.15) is 0 Å². The average molecular weight is 244 g/mol. The van der Waals surface area contributed by atoms with Crippen LogP contribution in [0.5, 0.6) is 0 Å². The van der Waals surface area contributed by atoms with Crippen molar-refractivity contribution in [1.82, 2.24) is 0 Å². The molecule has 1 aromatic carbocycles. The van der Waals surface area contributed by atoms with Crippen molar-refractivity contribution in [2.24, 2.45) is 11.1 Å². The van der Waals surface area contributed by atoms with Crippen LogP contribution in [0.1, 0.15) is 18.1 Å². The topological polar surface area (TPSA) is 71.7 Å². The standard InChI is InChI=1S/C13H12N2O3/c1-8-11(15-18-12(8)13(16)17-2)10-5-3-4-9(6-10)7-14/h3-6,8,12H,1-2H3. The average Bonchev–Trinajstić information content (AvgIpc) is 2.80. The largest absolute Gasteiger partial charge is 0.466 e. The van der Waals surface area contributed by atoms with Crippen LogP contribution in [0.25, 0.3) is 0 Å². The van der Waals surface area contributed by atoms with E-state index in [0.29, 0.717) is 11.3 Å². The molecule has 2 rings (SSSR count). The Labute approximate surface area is 105 Å². The molecule has 5 heteroatoms. The zero-order valence-electron chi connectivity index (χ0n) is 10.1. The van der Waals surface area contributed by atoms with Gasteiger partial charge in [0, 0.05) is 5.56 Å². The molecule has 92 valence electrons. The fourth-order valence-electron chi connectivity index (χ4n) is 1.86. The van der Waals surface area contributed by atoms with E-state index in [2.05, 4.69) is 16.0 Å². The van der Waals surface area contributed by atoms with Gasteiger partial charge in [-0.3, -0.25) is 0 Å². The van der Waals surface area contributed by atoms with E-state index in [4.69, 9.17) is 10.1 Å². The highest BCUT2D eigenvalue weighted by Gasteiger charge is 2.37. The summed E-state index contributed by atoms with van der Waals surface area (Å²) in [5.74, 6) is -0.649. The summed E-state index contributed by atoms with van der Waals surface area (Å²) in [6.45, 7) is 1.84. The van der Waals surface area contributed by atoms with Crippen LogP contribution in [-0.2, 0) is 14.4 Å². The van der Waals surface area contributed by atoms with Crippen LogP contribution in [0, 0.1) is 17.2 Å². The number of oxime groups is 1. The molecule has 1 heterocycles. The van der Waals surface area contributed by atoms with Gasteiger partial charge in [-0.05, 0) is 12.1 Å². The van der Waals surface area contributed by atoms with Crippen molar-refractivity contribution in [2.75, 3.05) is 7.11 Å². The Morgan fingerprint density at radius 2 is 2.33 bits per heavy atom. The minimum atomic E-state index is -0.712. The molecule has 0 saturated heterocycles. The smallest absolute Gasteiger partial charge is 0.350 e. The van der Waals surface area contributed by atoms with E-state index in [-0.39, 0.29) is 5.92 Å². The van der Waals surface area contributed by atoms with Gasteiger partial charge in [0.2, 0.25) is 6.10 Å². The van der Waals surface area contributed by atoms with Gasteiger partial charge in [0.15, 0.2) is 0 Å². The highest BCUT2D eigenvalue weighted by Crippen LogP contribution is 2.24. The van der Waals surface area contributed by atoms with Gasteiger partial charge in [-0.1, -0.05) is 24.2 Å². The van der Waals surface area contributed by atoms with Gasteiger partial charge < -0.3 is 9.57 Å². The minimum Gasteiger partial charge on any atom is -0.466 e. The van der Waals surface area contributed by atoms with E-state index in [1.165, 1.54) is 7.11 Å². The summed E-state index contributed by atoms with van der Waals surface area (Å²) in [6, 6.07) is 9.10. The predicted molar refractivity (Wildman–Crippen MR) is 63.7 cm³/mol. The third kappa shape index (κ3) is 2.05. The maximum absolute atomic E-state index is 11.5. The van der Waals surface area contributed by atoms with E-state index in [9.17, 15) is 4.79 Å². The van der Waals surface area contributed by atoms with E-state index in [0.717, 1.165) is 5.56 Å². The van der Waals surface area contributed by atoms with Gasteiger partial charge in [-0.25, -0.2) is 4.79 Å². The molecule has 2 unspecified atom stereocenters. The van der Waals surface area contributed by atoms with Crippen molar-refractivity contribution in [3.63, 3.8) is 0 Å². The van der Waals surface area contributed by atoms with E-state index in [1.807, 2.05) is 13.0 Å². The SMILES string of the molecule is COC(=O)C1ON=C(c2cccc(C#N)c2)C1C. The molecule has 5 nitrogen and oxygen atoms in total. The monoisotopic (exact) mass is 244 g/mol. The number of nitriles is 1. The van der Waals surface area contributed by atoms with E-state index in [1.54, 1.807) is 18.2 Å². The number of benzene rings is 1. The van der Waals surface area contributed by atoms with Crippen LogP contribution in [0.3, 0.4) is 0 Å². The predicted octanol–water partition coefficient (Wildman–Crippen LogP) is 1.47. The minimum absolute atomic E-state index is 0.202. The number of methoxy groups -OCH3 is 1. The summed E-state index contributed by atoms with van der Waals surface area (Å²) in [6.07, 6.45) is -0.712. The van der Waals surface area contributed by atoms with Crippen LogP contribution >= 0.6 is 0 Å². The number of rotatable bonds is 2. The molecule has 0 N–H and O–H groups in total. The molecule has 0 aliphatic carbocycles. The molecule has 0 fully saturated rings. The molecular formula is C13H12N2O3. The molecule has 0 spiro atoms. The molecule has 0 aromatic heterocycles. The molecule has 0 amide bonds. The first-order chi connectivity index (χ1) is 8.67. The van der Waals surface area contributed by atoms with Crippen molar-refractivity contribution in [3.8, 4) is 6.07 Å². The Hall–Kier alpha value is -2.35. The quantitative estimate of drug-likeness (QED) is 0.738. The first-order valence-electron chi connectivity index (χ1n) is 5.49. The van der Waals surface area contributed by atoms with Crippen molar-refractivity contribution >= 4 is 11.7 Å². The molecule has 18 heavy (non-hydrogen) atoms. The Kier molecular flexibility index (Phi) is 3.28. The number of hydrogen-bond donors (Lipinski definition) is 0. The van der Waals surface area contributed by atoms with Gasteiger partial charge in [0.25, 0.3) is 0 Å². The lowest BCUT2D eigenvalue weighted by Crippen LogP contribution is -2.30. The number of ether oxygens (including phenoxy) is 1. The molecule has 2 atom stereocenters. The van der Waals surface area contributed by atoms with Crippen molar-refractivity contribution < 1.29 is 14.4 Å². The molecule has 1 aromatic rings. The lowest BCUT2D eigenvalue weighted by Gasteiger charge is -2.11. The zero-order chi connectivity index (χ0) is 13.1. The summed E-state index contributed by atoms with van der Waals surface area (Å²) in [5, 5.41) is 12.8. The van der Waals surface area contributed by atoms with Crippen LogP contribution < -0.4 is 0 Å². The van der Waals surface area contributed by atoms with Crippen LogP contribution in [0.4, 0.5) is 0 Å². The Morgan fingerprint density at radius 3 is 3.00 bits per heavy atom. The molecular weight excluding hydrogens is 232 g/mol. The summed E-state index contributed by atoms with van der Waals surface area (Å²) >= 11 is 0. The van der Waals surface area contributed by atoms with Crippen molar-refractivity contribution in [1.29, 1.82) is 5.26 Å². The van der Waals surface area contributed by atoms with Crippen molar-refractivity contribution in [3.05, 3.63) is 35.4 Å². The summed E-state index contributed by atoms with van der Waals surface area (Å²) < 4.78 is 4.64. The number of carbonyl (C=O) groups excluding carboxylic acids is 1. The lowest BCUT2D eigenvalue weighted by molar-refractivity contribution is -0.154. The second kappa shape index (κ2) is 4.88. The van der Waals surface area contributed by atoms with Gasteiger partial charge in [-0.15, -0.1) is 0 Å². The Bertz CT molecular complexity index is 545. The van der Waals surface area contributed by atoms with Crippen molar-refractivity contribution in [2.45, 2.75) is 13.0 Å². The molecule has 0 saturated carbocycles. The first-order valence-corrected chi connectivity index (χ1v) is 5.49. The summed E-state index contributed by atoms with van der Waals surface area (Å²) in [7, 11) is 1.31. The van der Waals surface area contributed by atoms with Gasteiger partial charge in [-0.2, -0.15) is 5.26 Å². The first kappa shape index (κ1) is 12.1. The van der Waals surface area contributed by atoms with Crippen LogP contribution in [-0.4, -0.2) is 24.9 Å². The van der Waals surface area contributed by atoms with Crippen LogP contribution in [0.15, 0.2) is 29.4 Å². The Morgan fingerprint density at radius 1 is 1.56 bits per heavy atom. The second-order valence-corrected chi connectivity index (χ2v) is 4.01.